The molecule has 0 bridgehead atoms. The highest BCUT2D eigenvalue weighted by molar-refractivity contribution is 5.81. The van der Waals surface area contributed by atoms with Crippen LogP contribution in [0.4, 0.5) is 0 Å². The number of carbonyl (C=O) groups is 1. The number of benzene rings is 1. The summed E-state index contributed by atoms with van der Waals surface area (Å²) in [6.07, 6.45) is 11.4. The van der Waals surface area contributed by atoms with Crippen LogP contribution in [0, 0.1) is 5.92 Å². The van der Waals surface area contributed by atoms with Crippen molar-refractivity contribution in [3.8, 4) is 0 Å². The zero-order chi connectivity index (χ0) is 14.4. The van der Waals surface area contributed by atoms with E-state index in [0.29, 0.717) is 12.3 Å². The first-order valence-corrected chi connectivity index (χ1v) is 7.58. The summed E-state index contributed by atoms with van der Waals surface area (Å²) in [7, 11) is 0. The Labute approximate surface area is 121 Å². The van der Waals surface area contributed by atoms with E-state index in [1.807, 2.05) is 37.3 Å². The molecule has 2 heteroatoms. The Kier molecular flexibility index (Phi) is 4.99. The summed E-state index contributed by atoms with van der Waals surface area (Å²) in [5, 5.41) is 9.59. The number of hydrogen-bond acceptors (Lipinski definition) is 1. The standard InChI is InChI=1S/C18H24O2/c1-18(17(19)20,16-12-6-3-7-13-16)14-8-11-15-9-4-2-5-10-15/h3,6-8,11-13,15H,2,4-5,9-10,14H2,1H3,(H,19,20). The first-order valence-electron chi connectivity index (χ1n) is 7.58. The average molecular weight is 272 g/mol. The molecule has 1 unspecified atom stereocenters. The van der Waals surface area contributed by atoms with Gasteiger partial charge in [0.2, 0.25) is 0 Å². The third kappa shape index (κ3) is 3.50. The molecule has 1 atom stereocenters. The number of carboxylic acid groups (broad SMARTS) is 1. The fraction of sp³-hybridized carbons (Fsp3) is 0.500. The molecule has 108 valence electrons. The van der Waals surface area contributed by atoms with Gasteiger partial charge >= 0.3 is 5.97 Å². The fourth-order valence-electron chi connectivity index (χ4n) is 2.96. The molecule has 1 aliphatic rings. The molecule has 1 saturated carbocycles. The van der Waals surface area contributed by atoms with Crippen LogP contribution in [-0.2, 0) is 10.2 Å². The first kappa shape index (κ1) is 14.8. The molecule has 20 heavy (non-hydrogen) atoms. The lowest BCUT2D eigenvalue weighted by atomic mass is 9.79. The van der Waals surface area contributed by atoms with Gasteiger partial charge in [-0.05, 0) is 37.7 Å². The van der Waals surface area contributed by atoms with Gasteiger partial charge in [0.15, 0.2) is 0 Å². The van der Waals surface area contributed by atoms with E-state index in [1.54, 1.807) is 0 Å². The van der Waals surface area contributed by atoms with Gasteiger partial charge in [0.1, 0.15) is 0 Å². The maximum atomic E-state index is 11.7. The molecule has 0 aliphatic heterocycles. The molecular weight excluding hydrogens is 248 g/mol. The third-order valence-corrected chi connectivity index (χ3v) is 4.47. The minimum atomic E-state index is -0.827. The monoisotopic (exact) mass is 272 g/mol. The van der Waals surface area contributed by atoms with E-state index in [1.165, 1.54) is 32.1 Å². The van der Waals surface area contributed by atoms with Crippen molar-refractivity contribution in [2.45, 2.75) is 50.9 Å². The molecule has 0 heterocycles. The lowest BCUT2D eigenvalue weighted by Gasteiger charge is -2.24. The number of hydrogen-bond donors (Lipinski definition) is 1. The van der Waals surface area contributed by atoms with E-state index < -0.39 is 11.4 Å². The second-order valence-corrected chi connectivity index (χ2v) is 6.03. The highest BCUT2D eigenvalue weighted by atomic mass is 16.4. The Bertz CT molecular complexity index is 458. The topological polar surface area (TPSA) is 37.3 Å². The van der Waals surface area contributed by atoms with E-state index >= 15 is 0 Å². The van der Waals surface area contributed by atoms with E-state index in [2.05, 4.69) is 12.2 Å². The molecule has 0 saturated heterocycles. The van der Waals surface area contributed by atoms with E-state index in [4.69, 9.17) is 0 Å². The van der Waals surface area contributed by atoms with Gasteiger partial charge in [-0.2, -0.15) is 0 Å². The van der Waals surface area contributed by atoms with Gasteiger partial charge < -0.3 is 5.11 Å². The Morgan fingerprint density at radius 3 is 2.50 bits per heavy atom. The molecule has 0 radical (unpaired) electrons. The molecule has 0 amide bonds. The van der Waals surface area contributed by atoms with Crippen LogP contribution in [-0.4, -0.2) is 11.1 Å². The van der Waals surface area contributed by atoms with Crippen molar-refractivity contribution in [1.29, 1.82) is 0 Å². The molecular formula is C18H24O2. The molecule has 2 rings (SSSR count). The summed E-state index contributed by atoms with van der Waals surface area (Å²) in [6.45, 7) is 1.82. The van der Waals surface area contributed by atoms with Gasteiger partial charge in [-0.15, -0.1) is 0 Å². The molecule has 1 aromatic carbocycles. The predicted octanol–water partition coefficient (Wildman–Crippen LogP) is 4.56. The van der Waals surface area contributed by atoms with Crippen LogP contribution in [0.3, 0.4) is 0 Å². The SMILES string of the molecule is CC(CC=CC1CCCCC1)(C(=O)O)c1ccccc1. The van der Waals surface area contributed by atoms with Crippen LogP contribution in [0.15, 0.2) is 42.5 Å². The van der Waals surface area contributed by atoms with Crippen molar-refractivity contribution in [3.63, 3.8) is 0 Å². The van der Waals surface area contributed by atoms with E-state index in [-0.39, 0.29) is 0 Å². The van der Waals surface area contributed by atoms with Crippen LogP contribution in [0.2, 0.25) is 0 Å². The third-order valence-electron chi connectivity index (χ3n) is 4.47. The summed E-state index contributed by atoms with van der Waals surface area (Å²) in [4.78, 5) is 11.7. The second kappa shape index (κ2) is 6.74. The Morgan fingerprint density at radius 1 is 1.25 bits per heavy atom. The molecule has 0 aromatic heterocycles. The van der Waals surface area contributed by atoms with Crippen molar-refractivity contribution in [3.05, 3.63) is 48.0 Å². The minimum Gasteiger partial charge on any atom is -0.481 e. The lowest BCUT2D eigenvalue weighted by Crippen LogP contribution is -2.31. The van der Waals surface area contributed by atoms with Crippen molar-refractivity contribution in [2.75, 3.05) is 0 Å². The highest BCUT2D eigenvalue weighted by Gasteiger charge is 2.33. The molecule has 1 N–H and O–H groups in total. The van der Waals surface area contributed by atoms with E-state index in [9.17, 15) is 9.90 Å². The molecule has 0 spiro atoms. The number of carboxylic acids is 1. The smallest absolute Gasteiger partial charge is 0.314 e. The highest BCUT2D eigenvalue weighted by Crippen LogP contribution is 2.30. The zero-order valence-electron chi connectivity index (χ0n) is 12.2. The van der Waals surface area contributed by atoms with Gasteiger partial charge in [0.05, 0.1) is 5.41 Å². The Morgan fingerprint density at radius 2 is 1.90 bits per heavy atom. The minimum absolute atomic E-state index is 0.558. The first-order chi connectivity index (χ1) is 9.63. The Hall–Kier alpha value is -1.57. The van der Waals surface area contributed by atoms with Gasteiger partial charge in [-0.3, -0.25) is 4.79 Å². The van der Waals surface area contributed by atoms with Gasteiger partial charge in [0.25, 0.3) is 0 Å². The van der Waals surface area contributed by atoms with Crippen LogP contribution in [0.5, 0.6) is 0 Å². The average Bonchev–Trinajstić information content (AvgIpc) is 2.49. The number of allylic oxidation sites excluding steroid dienone is 2. The van der Waals surface area contributed by atoms with Crippen molar-refractivity contribution in [2.24, 2.45) is 5.92 Å². The lowest BCUT2D eigenvalue weighted by molar-refractivity contribution is -0.143. The second-order valence-electron chi connectivity index (χ2n) is 6.03. The summed E-state index contributed by atoms with van der Waals surface area (Å²) >= 11 is 0. The van der Waals surface area contributed by atoms with Crippen LogP contribution < -0.4 is 0 Å². The van der Waals surface area contributed by atoms with Gasteiger partial charge in [-0.1, -0.05) is 61.7 Å². The largest absolute Gasteiger partial charge is 0.481 e. The molecule has 1 aliphatic carbocycles. The van der Waals surface area contributed by atoms with Crippen LogP contribution >= 0.6 is 0 Å². The van der Waals surface area contributed by atoms with Crippen molar-refractivity contribution < 1.29 is 9.90 Å². The van der Waals surface area contributed by atoms with Gasteiger partial charge in [-0.25, -0.2) is 0 Å². The summed E-state index contributed by atoms with van der Waals surface area (Å²) in [6, 6.07) is 9.54. The molecule has 1 fully saturated rings. The number of rotatable bonds is 5. The summed E-state index contributed by atoms with van der Waals surface area (Å²) < 4.78 is 0. The van der Waals surface area contributed by atoms with Crippen LogP contribution in [0.1, 0.15) is 51.0 Å². The molecule has 1 aromatic rings. The van der Waals surface area contributed by atoms with Crippen molar-refractivity contribution in [1.82, 2.24) is 0 Å². The van der Waals surface area contributed by atoms with Gasteiger partial charge in [0, 0.05) is 0 Å². The maximum absolute atomic E-state index is 11.7. The normalized spacial score (nSPS) is 19.9. The quantitative estimate of drug-likeness (QED) is 0.798. The predicted molar refractivity (Wildman–Crippen MR) is 81.8 cm³/mol. The number of aliphatic carboxylic acids is 1. The van der Waals surface area contributed by atoms with Crippen LogP contribution in [0.25, 0.3) is 0 Å². The zero-order valence-corrected chi connectivity index (χ0v) is 12.2. The van der Waals surface area contributed by atoms with Crippen molar-refractivity contribution >= 4 is 5.97 Å². The molecule has 2 nitrogen and oxygen atoms in total. The Balaban J connectivity index is 2.06. The van der Waals surface area contributed by atoms with E-state index in [0.717, 1.165) is 5.56 Å². The summed E-state index contributed by atoms with van der Waals surface area (Å²) in [5.41, 5.74) is 0.0488. The maximum Gasteiger partial charge on any atom is 0.314 e. The fourth-order valence-corrected chi connectivity index (χ4v) is 2.96. The summed E-state index contributed by atoms with van der Waals surface area (Å²) in [5.74, 6) is -0.102.